The summed E-state index contributed by atoms with van der Waals surface area (Å²) in [4.78, 5) is 14.6. The summed E-state index contributed by atoms with van der Waals surface area (Å²) in [5, 5.41) is 0. The molecule has 2 aromatic rings. The van der Waals surface area contributed by atoms with Gasteiger partial charge in [-0.15, -0.1) is 6.58 Å². The monoisotopic (exact) mass is 467 g/mol. The number of nitrogens with zero attached hydrogens (tertiary/aromatic N) is 1. The second-order valence-corrected chi connectivity index (χ2v) is 9.26. The predicted octanol–water partition coefficient (Wildman–Crippen LogP) is 6.44. The van der Waals surface area contributed by atoms with E-state index in [0.717, 1.165) is 29.9 Å². The molecule has 1 aliphatic heterocycles. The molecular weight excluding hydrogens is 438 g/mol. The van der Waals surface area contributed by atoms with Crippen molar-refractivity contribution in [2.75, 3.05) is 19.8 Å². The first-order valence-electron chi connectivity index (χ1n) is 10.8. The van der Waals surface area contributed by atoms with Crippen molar-refractivity contribution in [3.63, 3.8) is 0 Å². The maximum absolute atomic E-state index is 12.5. The van der Waals surface area contributed by atoms with Crippen LogP contribution >= 0.6 is 24.0 Å². The molecule has 32 heavy (non-hydrogen) atoms. The molecule has 3 rings (SSSR count). The number of carbonyl (C=O) groups is 1. The van der Waals surface area contributed by atoms with Crippen molar-refractivity contribution in [3.8, 4) is 11.5 Å². The summed E-state index contributed by atoms with van der Waals surface area (Å²) in [6.45, 7) is 9.67. The standard InChI is InChI=1S/C26H29NO3S2/c1-4-14-27-25(28)24(32-26(27)31)18-20-8-6-9-23(17-20)30-16-7-15-29-22-12-10-21(11-13-22)19(3)5-2/h4,6,8-13,17-19H,1,5,7,14-16H2,2-3H3/b24-18-/t19-/m0/s1. The minimum absolute atomic E-state index is 0.0828. The van der Waals surface area contributed by atoms with Gasteiger partial charge in [0.2, 0.25) is 0 Å². The molecule has 0 unspecified atom stereocenters. The van der Waals surface area contributed by atoms with Gasteiger partial charge in [0.25, 0.3) is 5.91 Å². The van der Waals surface area contributed by atoms with Crippen LogP contribution in [0.25, 0.3) is 6.08 Å². The van der Waals surface area contributed by atoms with Crippen molar-refractivity contribution in [2.45, 2.75) is 32.6 Å². The highest BCUT2D eigenvalue weighted by Crippen LogP contribution is 2.32. The number of benzene rings is 2. The van der Waals surface area contributed by atoms with Crippen LogP contribution in [0.15, 0.2) is 66.1 Å². The summed E-state index contributed by atoms with van der Waals surface area (Å²) in [6.07, 6.45) is 5.43. The second-order valence-electron chi connectivity index (χ2n) is 7.58. The molecule has 4 nitrogen and oxygen atoms in total. The topological polar surface area (TPSA) is 38.8 Å². The largest absolute Gasteiger partial charge is 0.493 e. The Hall–Kier alpha value is -2.57. The van der Waals surface area contributed by atoms with E-state index in [1.807, 2.05) is 42.5 Å². The van der Waals surface area contributed by atoms with Gasteiger partial charge in [-0.2, -0.15) is 0 Å². The smallest absolute Gasteiger partial charge is 0.266 e. The Kier molecular flexibility index (Phi) is 8.94. The van der Waals surface area contributed by atoms with Crippen LogP contribution in [0.3, 0.4) is 0 Å². The van der Waals surface area contributed by atoms with Gasteiger partial charge < -0.3 is 9.47 Å². The summed E-state index contributed by atoms with van der Waals surface area (Å²) >= 11 is 6.60. The van der Waals surface area contributed by atoms with Gasteiger partial charge in [-0.05, 0) is 53.8 Å². The lowest BCUT2D eigenvalue weighted by molar-refractivity contribution is -0.121. The fourth-order valence-corrected chi connectivity index (χ4v) is 4.47. The van der Waals surface area contributed by atoms with Crippen molar-refractivity contribution in [1.82, 2.24) is 4.90 Å². The molecular formula is C26H29NO3S2. The Morgan fingerprint density at radius 3 is 2.53 bits per heavy atom. The molecule has 168 valence electrons. The molecule has 0 N–H and O–H groups in total. The zero-order chi connectivity index (χ0) is 22.9. The molecule has 1 saturated heterocycles. The van der Waals surface area contributed by atoms with E-state index in [4.69, 9.17) is 21.7 Å². The summed E-state index contributed by atoms with van der Waals surface area (Å²) in [6, 6.07) is 16.0. The van der Waals surface area contributed by atoms with E-state index in [-0.39, 0.29) is 5.91 Å². The molecule has 1 atom stereocenters. The number of thiocarbonyl (C=S) groups is 1. The predicted molar refractivity (Wildman–Crippen MR) is 137 cm³/mol. The van der Waals surface area contributed by atoms with E-state index in [0.29, 0.717) is 34.9 Å². The van der Waals surface area contributed by atoms with Gasteiger partial charge in [-0.25, -0.2) is 0 Å². The lowest BCUT2D eigenvalue weighted by Gasteiger charge is -2.11. The highest BCUT2D eigenvalue weighted by molar-refractivity contribution is 8.26. The third-order valence-corrected chi connectivity index (χ3v) is 6.61. The van der Waals surface area contributed by atoms with Crippen LogP contribution in [-0.4, -0.2) is 34.9 Å². The van der Waals surface area contributed by atoms with Crippen LogP contribution in [0.4, 0.5) is 0 Å². The molecule has 1 aliphatic rings. The molecule has 1 heterocycles. The van der Waals surface area contributed by atoms with Gasteiger partial charge in [-0.3, -0.25) is 9.69 Å². The third kappa shape index (κ3) is 6.47. The average molecular weight is 468 g/mol. The van der Waals surface area contributed by atoms with Crippen molar-refractivity contribution in [2.24, 2.45) is 0 Å². The number of thioether (sulfide) groups is 1. The molecule has 0 aromatic heterocycles. The van der Waals surface area contributed by atoms with Gasteiger partial charge in [-0.1, -0.05) is 68.2 Å². The zero-order valence-electron chi connectivity index (χ0n) is 18.6. The van der Waals surface area contributed by atoms with Crippen molar-refractivity contribution >= 4 is 40.3 Å². The number of rotatable bonds is 11. The lowest BCUT2D eigenvalue weighted by Crippen LogP contribution is -2.27. The van der Waals surface area contributed by atoms with Crippen LogP contribution in [-0.2, 0) is 4.79 Å². The fraction of sp³-hybridized carbons (Fsp3) is 0.308. The first kappa shape index (κ1) is 24.1. The molecule has 0 saturated carbocycles. The zero-order valence-corrected chi connectivity index (χ0v) is 20.2. The molecule has 0 bridgehead atoms. The Bertz CT molecular complexity index is 985. The summed E-state index contributed by atoms with van der Waals surface area (Å²) in [5.41, 5.74) is 2.24. The Balaban J connectivity index is 1.47. The Morgan fingerprint density at radius 2 is 1.84 bits per heavy atom. The van der Waals surface area contributed by atoms with Crippen LogP contribution < -0.4 is 9.47 Å². The van der Waals surface area contributed by atoms with E-state index in [1.165, 1.54) is 17.3 Å². The van der Waals surface area contributed by atoms with Gasteiger partial charge >= 0.3 is 0 Å². The molecule has 0 spiro atoms. The van der Waals surface area contributed by atoms with Gasteiger partial charge in [0, 0.05) is 13.0 Å². The maximum Gasteiger partial charge on any atom is 0.266 e. The minimum Gasteiger partial charge on any atom is -0.493 e. The van der Waals surface area contributed by atoms with Crippen LogP contribution in [0, 0.1) is 0 Å². The molecule has 1 amide bonds. The quantitative estimate of drug-likeness (QED) is 0.165. The fourth-order valence-electron chi connectivity index (χ4n) is 3.20. The Morgan fingerprint density at radius 1 is 1.12 bits per heavy atom. The molecule has 2 aromatic carbocycles. The van der Waals surface area contributed by atoms with Crippen molar-refractivity contribution in [1.29, 1.82) is 0 Å². The number of hydrogen-bond donors (Lipinski definition) is 0. The van der Waals surface area contributed by atoms with Crippen LogP contribution in [0.1, 0.15) is 43.7 Å². The average Bonchev–Trinajstić information content (AvgIpc) is 3.06. The number of carbonyl (C=O) groups excluding carboxylic acids is 1. The lowest BCUT2D eigenvalue weighted by atomic mass is 9.99. The van der Waals surface area contributed by atoms with Crippen LogP contribution in [0.2, 0.25) is 0 Å². The SMILES string of the molecule is C=CCN1C(=O)/C(=C/c2cccc(OCCCOc3ccc([C@@H](C)CC)cc3)c2)SC1=S. The van der Waals surface area contributed by atoms with Gasteiger partial charge in [0.05, 0.1) is 18.1 Å². The second kappa shape index (κ2) is 11.9. The molecule has 0 radical (unpaired) electrons. The van der Waals surface area contributed by atoms with Crippen LogP contribution in [0.5, 0.6) is 11.5 Å². The molecule has 1 fully saturated rings. The summed E-state index contributed by atoms with van der Waals surface area (Å²) in [5.74, 6) is 2.13. The maximum atomic E-state index is 12.5. The summed E-state index contributed by atoms with van der Waals surface area (Å²) < 4.78 is 12.3. The van der Waals surface area contributed by atoms with Crippen molar-refractivity contribution < 1.29 is 14.3 Å². The number of amides is 1. The van der Waals surface area contributed by atoms with Gasteiger partial charge in [0.1, 0.15) is 15.8 Å². The molecule has 6 heteroatoms. The number of hydrogen-bond acceptors (Lipinski definition) is 5. The highest BCUT2D eigenvalue weighted by Gasteiger charge is 2.30. The first-order chi connectivity index (χ1) is 15.5. The normalized spacial score (nSPS) is 15.8. The Labute approximate surface area is 200 Å². The van der Waals surface area contributed by atoms with E-state index in [2.05, 4.69) is 32.6 Å². The van der Waals surface area contributed by atoms with Gasteiger partial charge in [0.15, 0.2) is 0 Å². The van der Waals surface area contributed by atoms with E-state index in [9.17, 15) is 4.79 Å². The highest BCUT2D eigenvalue weighted by atomic mass is 32.2. The van der Waals surface area contributed by atoms with E-state index in [1.54, 1.807) is 11.0 Å². The number of ether oxygens (including phenoxy) is 2. The van der Waals surface area contributed by atoms with E-state index < -0.39 is 0 Å². The molecule has 0 aliphatic carbocycles. The third-order valence-electron chi connectivity index (χ3n) is 5.23. The first-order valence-corrected chi connectivity index (χ1v) is 12.1. The minimum atomic E-state index is -0.0828. The van der Waals surface area contributed by atoms with Crippen molar-refractivity contribution in [3.05, 3.63) is 77.2 Å². The van der Waals surface area contributed by atoms with E-state index >= 15 is 0 Å². The summed E-state index contributed by atoms with van der Waals surface area (Å²) in [7, 11) is 0.